The fourth-order valence-corrected chi connectivity index (χ4v) is 1.40. The summed E-state index contributed by atoms with van der Waals surface area (Å²) < 4.78 is 0.838. The van der Waals surface area contributed by atoms with Crippen LogP contribution >= 0.6 is 28.3 Å². The van der Waals surface area contributed by atoms with E-state index in [2.05, 4.69) is 41.7 Å². The van der Waals surface area contributed by atoms with Gasteiger partial charge in [0.1, 0.15) is 4.60 Å². The molecule has 4 heteroatoms. The average molecular weight is 280 g/mol. The zero-order valence-corrected chi connectivity index (χ0v) is 11.0. The lowest BCUT2D eigenvalue weighted by Crippen LogP contribution is -2.27. The van der Waals surface area contributed by atoms with E-state index >= 15 is 0 Å². The van der Waals surface area contributed by atoms with E-state index in [0.29, 0.717) is 0 Å². The Labute approximate surface area is 99.8 Å². The highest BCUT2D eigenvalue weighted by Crippen LogP contribution is 2.29. The van der Waals surface area contributed by atoms with Gasteiger partial charge in [0.25, 0.3) is 0 Å². The first-order chi connectivity index (χ1) is 5.91. The van der Waals surface area contributed by atoms with Crippen molar-refractivity contribution >= 4 is 28.3 Å². The van der Waals surface area contributed by atoms with E-state index in [-0.39, 0.29) is 23.9 Å². The van der Waals surface area contributed by atoms with E-state index in [9.17, 15) is 0 Å². The van der Waals surface area contributed by atoms with E-state index in [1.165, 1.54) is 0 Å². The van der Waals surface area contributed by atoms with Gasteiger partial charge in [-0.15, -0.1) is 12.4 Å². The van der Waals surface area contributed by atoms with Gasteiger partial charge in [0.15, 0.2) is 0 Å². The predicted octanol–water partition coefficient (Wildman–Crippen LogP) is 3.31. The molecule has 0 unspecified atom stereocenters. The van der Waals surface area contributed by atoms with Crippen LogP contribution in [0.15, 0.2) is 22.8 Å². The van der Waals surface area contributed by atoms with Crippen LogP contribution in [-0.2, 0) is 0 Å². The average Bonchev–Trinajstić information content (AvgIpc) is 2.01. The summed E-state index contributed by atoms with van der Waals surface area (Å²) in [7, 11) is 0. The molecule has 0 fully saturated rings. The van der Waals surface area contributed by atoms with Crippen LogP contribution < -0.4 is 5.73 Å². The molecule has 0 aliphatic rings. The lowest BCUT2D eigenvalue weighted by atomic mass is 9.85. The lowest BCUT2D eigenvalue weighted by molar-refractivity contribution is 0.321. The number of nitrogens with zero attached hydrogens (tertiary/aromatic N) is 1. The first-order valence-electron chi connectivity index (χ1n) is 4.29. The third-order valence-corrected chi connectivity index (χ3v) is 2.43. The highest BCUT2D eigenvalue weighted by Gasteiger charge is 2.23. The largest absolute Gasteiger partial charge is 0.322 e. The third kappa shape index (κ3) is 3.56. The highest BCUT2D eigenvalue weighted by atomic mass is 79.9. The van der Waals surface area contributed by atoms with E-state index in [1.54, 1.807) is 0 Å². The van der Waals surface area contributed by atoms with Gasteiger partial charge in [0.05, 0.1) is 11.7 Å². The summed E-state index contributed by atoms with van der Waals surface area (Å²) in [6.07, 6.45) is 0. The van der Waals surface area contributed by atoms with Gasteiger partial charge >= 0.3 is 0 Å². The van der Waals surface area contributed by atoms with Crippen LogP contribution in [0.1, 0.15) is 32.5 Å². The minimum Gasteiger partial charge on any atom is -0.322 e. The van der Waals surface area contributed by atoms with Crippen molar-refractivity contribution in [2.75, 3.05) is 0 Å². The standard InChI is InChI=1S/C10H15BrN2.ClH/c1-10(2,3)9(12)7-5-4-6-8(11)13-7;/h4-6,9H,12H2,1-3H3;1H/t9-;/m0./s1. The zero-order valence-electron chi connectivity index (χ0n) is 8.62. The van der Waals surface area contributed by atoms with Gasteiger partial charge < -0.3 is 5.73 Å². The van der Waals surface area contributed by atoms with Crippen LogP contribution in [0, 0.1) is 5.41 Å². The molecule has 0 aliphatic carbocycles. The molecule has 1 atom stereocenters. The Morgan fingerprint density at radius 1 is 1.36 bits per heavy atom. The Morgan fingerprint density at radius 2 is 1.93 bits per heavy atom. The Balaban J connectivity index is 0.00000169. The quantitative estimate of drug-likeness (QED) is 0.801. The summed E-state index contributed by atoms with van der Waals surface area (Å²) in [6, 6.07) is 5.79. The maximum atomic E-state index is 6.06. The van der Waals surface area contributed by atoms with Crippen LogP contribution in [0.5, 0.6) is 0 Å². The first kappa shape index (κ1) is 13.9. The molecule has 1 aromatic rings. The second kappa shape index (κ2) is 5.10. The molecule has 0 saturated carbocycles. The van der Waals surface area contributed by atoms with E-state index < -0.39 is 0 Å². The molecule has 0 saturated heterocycles. The normalized spacial score (nSPS) is 13.2. The van der Waals surface area contributed by atoms with Crippen molar-refractivity contribution in [3.63, 3.8) is 0 Å². The number of hydrogen-bond acceptors (Lipinski definition) is 2. The van der Waals surface area contributed by atoms with E-state index in [1.807, 2.05) is 18.2 Å². The molecule has 0 radical (unpaired) electrons. The fraction of sp³-hybridized carbons (Fsp3) is 0.500. The Hall–Kier alpha value is -0.120. The third-order valence-electron chi connectivity index (χ3n) is 1.99. The fourth-order valence-electron chi connectivity index (χ4n) is 1.04. The van der Waals surface area contributed by atoms with Crippen molar-refractivity contribution in [2.24, 2.45) is 11.1 Å². The Kier molecular flexibility index (Phi) is 5.06. The lowest BCUT2D eigenvalue weighted by Gasteiger charge is -2.26. The van der Waals surface area contributed by atoms with Gasteiger partial charge in [-0.3, -0.25) is 0 Å². The second-order valence-electron chi connectivity index (χ2n) is 4.23. The summed E-state index contributed by atoms with van der Waals surface area (Å²) in [4.78, 5) is 4.33. The number of hydrogen-bond donors (Lipinski definition) is 1. The summed E-state index contributed by atoms with van der Waals surface area (Å²) >= 11 is 3.33. The molecular weight excluding hydrogens is 263 g/mol. The van der Waals surface area contributed by atoms with E-state index in [4.69, 9.17) is 5.73 Å². The molecule has 1 aromatic heterocycles. The highest BCUT2D eigenvalue weighted by molar-refractivity contribution is 9.10. The molecule has 2 nitrogen and oxygen atoms in total. The van der Waals surface area contributed by atoms with Crippen molar-refractivity contribution in [1.29, 1.82) is 0 Å². The molecule has 1 rings (SSSR count). The van der Waals surface area contributed by atoms with Crippen LogP contribution in [0.4, 0.5) is 0 Å². The number of rotatable bonds is 1. The van der Waals surface area contributed by atoms with Crippen molar-refractivity contribution < 1.29 is 0 Å². The van der Waals surface area contributed by atoms with Crippen molar-refractivity contribution in [2.45, 2.75) is 26.8 Å². The Bertz CT molecular complexity index is 296. The van der Waals surface area contributed by atoms with Crippen molar-refractivity contribution in [3.05, 3.63) is 28.5 Å². The van der Waals surface area contributed by atoms with Gasteiger partial charge in [0, 0.05) is 0 Å². The molecule has 1 heterocycles. The second-order valence-corrected chi connectivity index (χ2v) is 5.04. The maximum absolute atomic E-state index is 6.06. The number of halogens is 2. The first-order valence-corrected chi connectivity index (χ1v) is 5.08. The van der Waals surface area contributed by atoms with Crippen molar-refractivity contribution in [1.82, 2.24) is 4.98 Å². The van der Waals surface area contributed by atoms with Crippen LogP contribution in [0.2, 0.25) is 0 Å². The van der Waals surface area contributed by atoms with Crippen molar-refractivity contribution in [3.8, 4) is 0 Å². The monoisotopic (exact) mass is 278 g/mol. The van der Waals surface area contributed by atoms with Gasteiger partial charge in [-0.25, -0.2) is 4.98 Å². The molecule has 80 valence electrons. The molecule has 2 N–H and O–H groups in total. The summed E-state index contributed by atoms with van der Waals surface area (Å²) in [5.41, 5.74) is 7.04. The topological polar surface area (TPSA) is 38.9 Å². The molecule has 0 spiro atoms. The minimum absolute atomic E-state index is 0. The predicted molar refractivity (Wildman–Crippen MR) is 65.6 cm³/mol. The SMILES string of the molecule is CC(C)(C)[C@@H](N)c1cccc(Br)n1.Cl. The molecular formula is C10H16BrClN2. The van der Waals surface area contributed by atoms with E-state index in [0.717, 1.165) is 10.3 Å². The van der Waals surface area contributed by atoms with Crippen LogP contribution in [0.3, 0.4) is 0 Å². The van der Waals surface area contributed by atoms with Gasteiger partial charge in [-0.1, -0.05) is 26.8 Å². The van der Waals surface area contributed by atoms with Gasteiger partial charge in [0.2, 0.25) is 0 Å². The summed E-state index contributed by atoms with van der Waals surface area (Å²) in [6.45, 7) is 6.33. The zero-order chi connectivity index (χ0) is 10.1. The maximum Gasteiger partial charge on any atom is 0.106 e. The molecule has 0 amide bonds. The molecule has 0 aliphatic heterocycles. The minimum atomic E-state index is -0.0231. The molecule has 0 bridgehead atoms. The summed E-state index contributed by atoms with van der Waals surface area (Å²) in [5.74, 6) is 0. The molecule has 0 aromatic carbocycles. The summed E-state index contributed by atoms with van der Waals surface area (Å²) in [5, 5.41) is 0. The Morgan fingerprint density at radius 3 is 2.36 bits per heavy atom. The number of aromatic nitrogens is 1. The van der Waals surface area contributed by atoms with Crippen LogP contribution in [0.25, 0.3) is 0 Å². The smallest absolute Gasteiger partial charge is 0.106 e. The van der Waals surface area contributed by atoms with Gasteiger partial charge in [-0.05, 0) is 33.5 Å². The number of nitrogens with two attached hydrogens (primary N) is 1. The number of pyridine rings is 1. The van der Waals surface area contributed by atoms with Gasteiger partial charge in [-0.2, -0.15) is 0 Å². The molecule has 14 heavy (non-hydrogen) atoms. The van der Waals surface area contributed by atoms with Crippen LogP contribution in [-0.4, -0.2) is 4.98 Å².